The molecule has 0 bridgehead atoms. The molecule has 0 aliphatic heterocycles. The number of carbonyl (C=O) groups excluding carboxylic acids is 1. The normalized spacial score (nSPS) is 9.68. The van der Waals surface area contributed by atoms with Crippen molar-refractivity contribution < 1.29 is 14.5 Å². The van der Waals surface area contributed by atoms with Crippen LogP contribution >= 0.6 is 0 Å². The molecule has 1 amide bonds. The number of amides is 1. The van der Waals surface area contributed by atoms with Crippen molar-refractivity contribution in [2.75, 3.05) is 5.32 Å². The van der Waals surface area contributed by atoms with Gasteiger partial charge in [0.25, 0.3) is 5.69 Å². The predicted molar refractivity (Wildman–Crippen MR) is 69.2 cm³/mol. The molecule has 0 unspecified atom stereocenters. The van der Waals surface area contributed by atoms with Crippen molar-refractivity contribution in [2.45, 2.75) is 0 Å². The monoisotopic (exact) mass is 258 g/mol. The van der Waals surface area contributed by atoms with E-state index in [4.69, 9.17) is 4.74 Å². The Morgan fingerprint density at radius 1 is 1.11 bits per heavy atom. The van der Waals surface area contributed by atoms with E-state index >= 15 is 0 Å². The number of para-hydroxylation sites is 1. The Hall–Kier alpha value is -2.89. The Morgan fingerprint density at radius 3 is 2.53 bits per heavy atom. The molecule has 96 valence electrons. The van der Waals surface area contributed by atoms with Gasteiger partial charge in [-0.25, -0.2) is 4.79 Å². The van der Waals surface area contributed by atoms with Gasteiger partial charge in [-0.15, -0.1) is 0 Å². The maximum absolute atomic E-state index is 11.6. The minimum atomic E-state index is -0.702. The van der Waals surface area contributed by atoms with Gasteiger partial charge in [0.05, 0.1) is 11.0 Å². The second-order valence-corrected chi connectivity index (χ2v) is 3.64. The van der Waals surface area contributed by atoms with Gasteiger partial charge in [-0.05, 0) is 18.2 Å². The molecule has 0 heterocycles. The molecule has 1 N–H and O–H groups in total. The second kappa shape index (κ2) is 5.63. The fourth-order valence-electron chi connectivity index (χ4n) is 1.43. The quantitative estimate of drug-likeness (QED) is 0.677. The molecule has 0 fully saturated rings. The van der Waals surface area contributed by atoms with Crippen molar-refractivity contribution in [3.8, 4) is 5.75 Å². The summed E-state index contributed by atoms with van der Waals surface area (Å²) in [5, 5.41) is 13.1. The number of benzene rings is 2. The first kappa shape index (κ1) is 12.6. The van der Waals surface area contributed by atoms with Gasteiger partial charge in [-0.3, -0.25) is 15.4 Å². The molecule has 19 heavy (non-hydrogen) atoms. The molecule has 0 aromatic heterocycles. The third-order valence-electron chi connectivity index (χ3n) is 2.26. The van der Waals surface area contributed by atoms with Crippen molar-refractivity contribution in [2.24, 2.45) is 0 Å². The van der Waals surface area contributed by atoms with Crippen LogP contribution in [0.1, 0.15) is 0 Å². The molecule has 6 heteroatoms. The fourth-order valence-corrected chi connectivity index (χ4v) is 1.43. The summed E-state index contributed by atoms with van der Waals surface area (Å²) in [6.07, 6.45) is -0.702. The summed E-state index contributed by atoms with van der Waals surface area (Å²) < 4.78 is 4.95. The Balaban J connectivity index is 2.03. The van der Waals surface area contributed by atoms with E-state index in [1.165, 1.54) is 24.3 Å². The molecule has 0 aliphatic rings. The van der Waals surface area contributed by atoms with Crippen molar-refractivity contribution in [1.82, 2.24) is 0 Å². The van der Waals surface area contributed by atoms with E-state index in [-0.39, 0.29) is 11.4 Å². The van der Waals surface area contributed by atoms with Crippen LogP contribution in [0.15, 0.2) is 54.6 Å². The van der Waals surface area contributed by atoms with E-state index in [2.05, 4.69) is 5.32 Å². The van der Waals surface area contributed by atoms with Crippen LogP contribution in [-0.4, -0.2) is 11.0 Å². The number of nitrogens with one attached hydrogen (secondary N) is 1. The SMILES string of the molecule is O=C(Nc1ccccc1)Oc1cccc([N+](=O)[O-])c1. The number of rotatable bonds is 3. The number of carbonyl (C=O) groups is 1. The maximum Gasteiger partial charge on any atom is 0.417 e. The van der Waals surface area contributed by atoms with Gasteiger partial charge in [-0.1, -0.05) is 24.3 Å². The minimum Gasteiger partial charge on any atom is -0.410 e. The molecular formula is C13H10N2O4. The highest BCUT2D eigenvalue weighted by molar-refractivity contribution is 5.86. The number of hydrogen-bond donors (Lipinski definition) is 1. The standard InChI is InChI=1S/C13H10N2O4/c16-13(14-10-5-2-1-3-6-10)19-12-8-4-7-11(9-12)15(17)18/h1-9H,(H,14,16). The average molecular weight is 258 g/mol. The summed E-state index contributed by atoms with van der Waals surface area (Å²) >= 11 is 0. The zero-order valence-electron chi connectivity index (χ0n) is 9.78. The molecule has 0 atom stereocenters. The molecule has 0 saturated heterocycles. The zero-order chi connectivity index (χ0) is 13.7. The highest BCUT2D eigenvalue weighted by Gasteiger charge is 2.09. The van der Waals surface area contributed by atoms with Gasteiger partial charge < -0.3 is 4.74 Å². The van der Waals surface area contributed by atoms with E-state index in [1.807, 2.05) is 6.07 Å². The van der Waals surface area contributed by atoms with Crippen LogP contribution in [0.4, 0.5) is 16.2 Å². The van der Waals surface area contributed by atoms with Crippen LogP contribution in [-0.2, 0) is 0 Å². The van der Waals surface area contributed by atoms with Gasteiger partial charge >= 0.3 is 6.09 Å². The largest absolute Gasteiger partial charge is 0.417 e. The number of nitrogens with zero attached hydrogens (tertiary/aromatic N) is 1. The highest BCUT2D eigenvalue weighted by Crippen LogP contribution is 2.19. The molecule has 0 spiro atoms. The first-order valence-electron chi connectivity index (χ1n) is 5.43. The van der Waals surface area contributed by atoms with Crippen LogP contribution in [0.5, 0.6) is 5.75 Å². The molecule has 6 nitrogen and oxygen atoms in total. The smallest absolute Gasteiger partial charge is 0.410 e. The van der Waals surface area contributed by atoms with Crippen LogP contribution in [0.2, 0.25) is 0 Å². The van der Waals surface area contributed by atoms with Gasteiger partial charge in [0.2, 0.25) is 0 Å². The number of nitro benzene ring substituents is 1. The maximum atomic E-state index is 11.6. The Bertz CT molecular complexity index is 599. The van der Waals surface area contributed by atoms with Crippen LogP contribution in [0.25, 0.3) is 0 Å². The minimum absolute atomic E-state index is 0.114. The fraction of sp³-hybridized carbons (Fsp3) is 0. The van der Waals surface area contributed by atoms with Crippen LogP contribution < -0.4 is 10.1 Å². The number of anilines is 1. The molecule has 0 saturated carbocycles. The number of nitro groups is 1. The van der Waals surface area contributed by atoms with Gasteiger partial charge in [0, 0.05) is 11.8 Å². The lowest BCUT2D eigenvalue weighted by atomic mass is 10.3. The average Bonchev–Trinajstić information content (AvgIpc) is 2.40. The van der Waals surface area contributed by atoms with Crippen LogP contribution in [0, 0.1) is 10.1 Å². The summed E-state index contributed by atoms with van der Waals surface area (Å²) in [4.78, 5) is 21.6. The molecule has 2 aromatic carbocycles. The molecule has 2 aromatic rings. The Kier molecular flexibility index (Phi) is 3.72. The Morgan fingerprint density at radius 2 is 1.84 bits per heavy atom. The third kappa shape index (κ3) is 3.53. The summed E-state index contributed by atoms with van der Waals surface area (Å²) in [6, 6.07) is 14.2. The van der Waals surface area contributed by atoms with Gasteiger partial charge in [0.1, 0.15) is 5.75 Å². The van der Waals surface area contributed by atoms with E-state index < -0.39 is 11.0 Å². The molecule has 0 aliphatic carbocycles. The first-order chi connectivity index (χ1) is 9.15. The zero-order valence-corrected chi connectivity index (χ0v) is 9.78. The molecule has 0 radical (unpaired) electrons. The highest BCUT2D eigenvalue weighted by atomic mass is 16.6. The number of non-ortho nitro benzene ring substituents is 1. The third-order valence-corrected chi connectivity index (χ3v) is 2.26. The lowest BCUT2D eigenvalue weighted by Gasteiger charge is -2.06. The molecule has 2 rings (SSSR count). The first-order valence-corrected chi connectivity index (χ1v) is 5.43. The van der Waals surface area contributed by atoms with Crippen LogP contribution in [0.3, 0.4) is 0 Å². The van der Waals surface area contributed by atoms with Crippen molar-refractivity contribution in [3.05, 3.63) is 64.7 Å². The summed E-state index contributed by atoms with van der Waals surface area (Å²) in [5.41, 5.74) is 0.447. The predicted octanol–water partition coefficient (Wildman–Crippen LogP) is 3.21. The second-order valence-electron chi connectivity index (χ2n) is 3.64. The summed E-state index contributed by atoms with van der Waals surface area (Å²) in [6.45, 7) is 0. The number of hydrogen-bond acceptors (Lipinski definition) is 4. The lowest BCUT2D eigenvalue weighted by Crippen LogP contribution is -2.16. The van der Waals surface area contributed by atoms with Crippen molar-refractivity contribution >= 4 is 17.5 Å². The topological polar surface area (TPSA) is 81.5 Å². The summed E-state index contributed by atoms with van der Waals surface area (Å²) in [7, 11) is 0. The van der Waals surface area contributed by atoms with E-state index in [9.17, 15) is 14.9 Å². The van der Waals surface area contributed by atoms with E-state index in [0.717, 1.165) is 0 Å². The lowest BCUT2D eigenvalue weighted by molar-refractivity contribution is -0.384. The number of ether oxygens (including phenoxy) is 1. The summed E-state index contributed by atoms with van der Waals surface area (Å²) in [5.74, 6) is 0.114. The van der Waals surface area contributed by atoms with Gasteiger partial charge in [-0.2, -0.15) is 0 Å². The van der Waals surface area contributed by atoms with E-state index in [0.29, 0.717) is 5.69 Å². The molecular weight excluding hydrogens is 248 g/mol. The van der Waals surface area contributed by atoms with Gasteiger partial charge in [0.15, 0.2) is 0 Å². The Labute approximate surface area is 108 Å². The van der Waals surface area contributed by atoms with E-state index in [1.54, 1.807) is 24.3 Å². The van der Waals surface area contributed by atoms with Crippen molar-refractivity contribution in [1.29, 1.82) is 0 Å². The van der Waals surface area contributed by atoms with Crippen molar-refractivity contribution in [3.63, 3.8) is 0 Å².